The monoisotopic (exact) mass is 372 g/mol. The molecule has 5 heteroatoms. The molecule has 1 amide bonds. The van der Waals surface area contributed by atoms with Crippen LogP contribution >= 0.6 is 0 Å². The van der Waals surface area contributed by atoms with Gasteiger partial charge in [-0.2, -0.15) is 5.26 Å². The van der Waals surface area contributed by atoms with Gasteiger partial charge in [0.05, 0.1) is 6.61 Å². The molecule has 0 saturated carbocycles. The SMILES string of the molecule is CCOc1cccc(NC(=O)C(C#N)=Cc2ccc(-c3ccc(C)cc3)o2)c1. The van der Waals surface area contributed by atoms with Gasteiger partial charge in [0.2, 0.25) is 0 Å². The topological polar surface area (TPSA) is 75.3 Å². The van der Waals surface area contributed by atoms with Crippen molar-refractivity contribution >= 4 is 17.7 Å². The number of anilines is 1. The lowest BCUT2D eigenvalue weighted by Crippen LogP contribution is -2.13. The molecule has 0 aliphatic carbocycles. The number of nitrogens with zero attached hydrogens (tertiary/aromatic N) is 1. The first-order valence-electron chi connectivity index (χ1n) is 8.92. The molecule has 28 heavy (non-hydrogen) atoms. The highest BCUT2D eigenvalue weighted by molar-refractivity contribution is 6.09. The second kappa shape index (κ2) is 8.74. The summed E-state index contributed by atoms with van der Waals surface area (Å²) >= 11 is 0. The number of rotatable bonds is 6. The number of hydrogen-bond donors (Lipinski definition) is 1. The Morgan fingerprint density at radius 2 is 1.96 bits per heavy atom. The molecule has 0 aliphatic heterocycles. The number of hydrogen-bond acceptors (Lipinski definition) is 4. The first-order chi connectivity index (χ1) is 13.6. The van der Waals surface area contributed by atoms with Crippen molar-refractivity contribution in [1.29, 1.82) is 5.26 Å². The van der Waals surface area contributed by atoms with Crippen LogP contribution in [0.15, 0.2) is 70.7 Å². The average molecular weight is 372 g/mol. The van der Waals surface area contributed by atoms with Crippen LogP contribution in [-0.2, 0) is 4.79 Å². The minimum Gasteiger partial charge on any atom is -0.494 e. The van der Waals surface area contributed by atoms with Crippen molar-refractivity contribution in [3.8, 4) is 23.1 Å². The highest BCUT2D eigenvalue weighted by Crippen LogP contribution is 2.24. The van der Waals surface area contributed by atoms with Crippen molar-refractivity contribution in [2.45, 2.75) is 13.8 Å². The lowest BCUT2D eigenvalue weighted by Gasteiger charge is -2.07. The van der Waals surface area contributed by atoms with Crippen molar-refractivity contribution in [1.82, 2.24) is 0 Å². The Morgan fingerprint density at radius 3 is 2.68 bits per heavy atom. The fraction of sp³-hybridized carbons (Fsp3) is 0.130. The third-order valence-corrected chi connectivity index (χ3v) is 4.02. The number of furan rings is 1. The summed E-state index contributed by atoms with van der Waals surface area (Å²) in [6.45, 7) is 4.43. The van der Waals surface area contributed by atoms with Crippen molar-refractivity contribution in [3.05, 3.63) is 77.6 Å². The molecule has 0 aliphatic rings. The molecule has 2 aromatic carbocycles. The van der Waals surface area contributed by atoms with Gasteiger partial charge < -0.3 is 14.5 Å². The van der Waals surface area contributed by atoms with E-state index >= 15 is 0 Å². The van der Waals surface area contributed by atoms with E-state index in [-0.39, 0.29) is 5.57 Å². The number of amides is 1. The summed E-state index contributed by atoms with van der Waals surface area (Å²) < 4.78 is 11.2. The van der Waals surface area contributed by atoms with Crippen molar-refractivity contribution < 1.29 is 13.9 Å². The second-order valence-corrected chi connectivity index (χ2v) is 6.15. The molecule has 0 unspecified atom stereocenters. The predicted octanol–water partition coefficient (Wildman–Crippen LogP) is 5.20. The Hall–Kier alpha value is -3.78. The fourth-order valence-electron chi connectivity index (χ4n) is 2.62. The normalized spacial score (nSPS) is 11.0. The van der Waals surface area contributed by atoms with Crippen LogP contribution in [0, 0.1) is 18.3 Å². The number of ether oxygens (including phenoxy) is 1. The minimum atomic E-state index is -0.510. The standard InChI is InChI=1S/C23H20N2O3/c1-3-27-20-6-4-5-19(14-20)25-23(26)18(15-24)13-21-11-12-22(28-21)17-9-7-16(2)8-10-17/h4-14H,3H2,1-2H3,(H,25,26). The van der Waals surface area contributed by atoms with E-state index in [1.807, 2.05) is 50.2 Å². The van der Waals surface area contributed by atoms with Gasteiger partial charge in [0.25, 0.3) is 5.91 Å². The highest BCUT2D eigenvalue weighted by Gasteiger charge is 2.12. The van der Waals surface area contributed by atoms with E-state index < -0.39 is 5.91 Å². The summed E-state index contributed by atoms with van der Waals surface area (Å²) in [6, 6.07) is 20.4. The third-order valence-electron chi connectivity index (χ3n) is 4.02. The van der Waals surface area contributed by atoms with E-state index in [4.69, 9.17) is 9.15 Å². The Balaban J connectivity index is 1.76. The summed E-state index contributed by atoms with van der Waals surface area (Å²) in [4.78, 5) is 12.4. The number of nitriles is 1. The van der Waals surface area contributed by atoms with E-state index in [1.165, 1.54) is 6.08 Å². The minimum absolute atomic E-state index is 0.0494. The third kappa shape index (κ3) is 4.68. The van der Waals surface area contributed by atoms with Crippen molar-refractivity contribution in [2.75, 3.05) is 11.9 Å². The average Bonchev–Trinajstić information content (AvgIpc) is 3.16. The Kier molecular flexibility index (Phi) is 5.93. The molecule has 3 rings (SSSR count). The number of benzene rings is 2. The molecule has 1 aromatic heterocycles. The van der Waals surface area contributed by atoms with Crippen LogP contribution in [-0.4, -0.2) is 12.5 Å². The van der Waals surface area contributed by atoms with Crippen LogP contribution in [0.4, 0.5) is 5.69 Å². The van der Waals surface area contributed by atoms with Crippen LogP contribution in [0.3, 0.4) is 0 Å². The molecule has 140 valence electrons. The van der Waals surface area contributed by atoms with Crippen LogP contribution in [0.25, 0.3) is 17.4 Å². The van der Waals surface area contributed by atoms with Gasteiger partial charge in [-0.1, -0.05) is 35.9 Å². The van der Waals surface area contributed by atoms with Crippen LogP contribution in [0.1, 0.15) is 18.2 Å². The van der Waals surface area contributed by atoms with Gasteiger partial charge in [0.1, 0.15) is 28.9 Å². The molecule has 5 nitrogen and oxygen atoms in total. The Labute approximate surface area is 163 Å². The van der Waals surface area contributed by atoms with Crippen LogP contribution < -0.4 is 10.1 Å². The second-order valence-electron chi connectivity index (χ2n) is 6.15. The number of nitrogens with one attached hydrogen (secondary N) is 1. The summed E-state index contributed by atoms with van der Waals surface area (Å²) in [5, 5.41) is 12.1. The molecule has 3 aromatic rings. The largest absolute Gasteiger partial charge is 0.494 e. The van der Waals surface area contributed by atoms with Gasteiger partial charge in [-0.3, -0.25) is 4.79 Å². The molecule has 0 atom stereocenters. The lowest BCUT2D eigenvalue weighted by atomic mass is 10.1. The van der Waals surface area contributed by atoms with E-state index in [2.05, 4.69) is 5.32 Å². The van der Waals surface area contributed by atoms with Gasteiger partial charge in [-0.25, -0.2) is 0 Å². The van der Waals surface area contributed by atoms with Crippen molar-refractivity contribution in [3.63, 3.8) is 0 Å². The van der Waals surface area contributed by atoms with Crippen LogP contribution in [0.5, 0.6) is 5.75 Å². The van der Waals surface area contributed by atoms with Crippen LogP contribution in [0.2, 0.25) is 0 Å². The summed E-state index contributed by atoms with van der Waals surface area (Å²) in [7, 11) is 0. The molecule has 0 fully saturated rings. The number of carbonyl (C=O) groups excluding carboxylic acids is 1. The van der Waals surface area contributed by atoms with Gasteiger partial charge >= 0.3 is 0 Å². The first kappa shape index (κ1) is 19.0. The molecular formula is C23H20N2O3. The molecule has 0 bridgehead atoms. The maximum absolute atomic E-state index is 12.4. The molecule has 0 spiro atoms. The van der Waals surface area contributed by atoms with Gasteiger partial charge in [-0.15, -0.1) is 0 Å². The van der Waals surface area contributed by atoms with E-state index in [9.17, 15) is 10.1 Å². The maximum atomic E-state index is 12.4. The summed E-state index contributed by atoms with van der Waals surface area (Å²) in [6.07, 6.45) is 1.43. The van der Waals surface area contributed by atoms with E-state index in [0.717, 1.165) is 11.1 Å². The van der Waals surface area contributed by atoms with Gasteiger partial charge in [0.15, 0.2) is 0 Å². The van der Waals surface area contributed by atoms with Gasteiger partial charge in [0, 0.05) is 23.4 Å². The Morgan fingerprint density at radius 1 is 1.18 bits per heavy atom. The maximum Gasteiger partial charge on any atom is 0.266 e. The quantitative estimate of drug-likeness (QED) is 0.477. The fourth-order valence-corrected chi connectivity index (χ4v) is 2.62. The zero-order chi connectivity index (χ0) is 19.9. The molecule has 0 saturated heterocycles. The zero-order valence-electron chi connectivity index (χ0n) is 15.7. The first-order valence-corrected chi connectivity index (χ1v) is 8.92. The van der Waals surface area contributed by atoms with E-state index in [1.54, 1.807) is 30.3 Å². The van der Waals surface area contributed by atoms with E-state index in [0.29, 0.717) is 29.6 Å². The molecule has 1 heterocycles. The highest BCUT2D eigenvalue weighted by atomic mass is 16.5. The lowest BCUT2D eigenvalue weighted by molar-refractivity contribution is -0.112. The molecular weight excluding hydrogens is 352 g/mol. The summed E-state index contributed by atoms with van der Waals surface area (Å²) in [5.74, 6) is 1.25. The summed E-state index contributed by atoms with van der Waals surface area (Å²) in [5.41, 5.74) is 2.59. The van der Waals surface area contributed by atoms with Gasteiger partial charge in [-0.05, 0) is 38.1 Å². The molecule has 0 radical (unpaired) electrons. The predicted molar refractivity (Wildman–Crippen MR) is 109 cm³/mol. The smallest absolute Gasteiger partial charge is 0.266 e. The number of aryl methyl sites for hydroxylation is 1. The number of carbonyl (C=O) groups is 1. The van der Waals surface area contributed by atoms with Crippen molar-refractivity contribution in [2.24, 2.45) is 0 Å². The Bertz CT molecular complexity index is 1040. The molecule has 1 N–H and O–H groups in total. The zero-order valence-corrected chi connectivity index (χ0v) is 15.7.